The molecule has 6 N–H and O–H groups in total. The van der Waals surface area contributed by atoms with Gasteiger partial charge in [-0.2, -0.15) is 8.42 Å². The zero-order valence-corrected chi connectivity index (χ0v) is 13.9. The number of carbonyl (C=O) groups is 2. The predicted octanol–water partition coefficient (Wildman–Crippen LogP) is -2.47. The third kappa shape index (κ3) is 3.30. The van der Waals surface area contributed by atoms with Crippen LogP contribution in [0.2, 0.25) is 0 Å². The van der Waals surface area contributed by atoms with Crippen molar-refractivity contribution >= 4 is 44.3 Å². The number of nitrogens with one attached hydrogen (secondary N) is 1. The molecule has 0 aliphatic carbocycles. The Labute approximate surface area is 140 Å². The molecule has 0 radical (unpaired) electrons. The van der Waals surface area contributed by atoms with E-state index in [1.165, 1.54) is 12.5 Å². The molecule has 1 saturated heterocycles. The van der Waals surface area contributed by atoms with Crippen molar-refractivity contribution in [3.8, 4) is 0 Å². The quantitative estimate of drug-likeness (QED) is 0.180. The molecular weight excluding hydrogens is 364 g/mol. The first-order valence-electron chi connectivity index (χ1n) is 6.34. The first kappa shape index (κ1) is 18.1. The Hall–Kier alpha value is -2.29. The third-order valence-electron chi connectivity index (χ3n) is 3.11. The minimum atomic E-state index is -4.75. The van der Waals surface area contributed by atoms with Crippen LogP contribution in [0.25, 0.3) is 0 Å². The van der Waals surface area contributed by atoms with Crippen molar-refractivity contribution in [3.05, 3.63) is 11.1 Å². The molecule has 1 fully saturated rings. The van der Waals surface area contributed by atoms with E-state index in [-0.39, 0.29) is 27.4 Å². The summed E-state index contributed by atoms with van der Waals surface area (Å²) in [7, 11) is -3.55. The highest BCUT2D eigenvalue weighted by Crippen LogP contribution is 2.23. The van der Waals surface area contributed by atoms with Crippen molar-refractivity contribution in [2.75, 3.05) is 19.4 Å². The Kier molecular flexibility index (Phi) is 5.02. The van der Waals surface area contributed by atoms with Crippen molar-refractivity contribution in [1.82, 2.24) is 14.6 Å². The van der Waals surface area contributed by atoms with Gasteiger partial charge in [-0.05, 0) is 0 Å². The summed E-state index contributed by atoms with van der Waals surface area (Å²) in [4.78, 5) is 32.6. The maximum atomic E-state index is 12.3. The fourth-order valence-corrected chi connectivity index (χ4v) is 3.53. The van der Waals surface area contributed by atoms with Crippen LogP contribution in [0.15, 0.2) is 10.5 Å². The van der Waals surface area contributed by atoms with Gasteiger partial charge in [0.05, 0.1) is 6.04 Å². The van der Waals surface area contributed by atoms with E-state index >= 15 is 0 Å². The molecule has 14 heteroatoms. The highest BCUT2D eigenvalue weighted by Gasteiger charge is 2.53. The van der Waals surface area contributed by atoms with Crippen molar-refractivity contribution in [2.24, 2.45) is 10.9 Å². The molecule has 2 rings (SSSR count). The molecule has 132 valence electrons. The monoisotopic (exact) mass is 378 g/mol. The fraction of sp³-hybridized carbons (Fsp3) is 0.400. The number of aromatic nitrogens is 1. The molecule has 12 nitrogen and oxygen atoms in total. The lowest BCUT2D eigenvalue weighted by Crippen LogP contribution is -2.74. The molecule has 0 spiro atoms. The molecule has 1 aromatic heterocycles. The van der Waals surface area contributed by atoms with Crippen molar-refractivity contribution in [1.29, 1.82) is 0 Å². The van der Waals surface area contributed by atoms with Crippen LogP contribution in [0, 0.1) is 0 Å². The molecular formula is C10H14N6O6S2. The maximum absolute atomic E-state index is 12.3. The van der Waals surface area contributed by atoms with E-state index in [1.807, 2.05) is 0 Å². The molecule has 2 unspecified atom stereocenters. The summed E-state index contributed by atoms with van der Waals surface area (Å²) >= 11 is 1.07. The maximum Gasteiger partial charge on any atom is 0.362 e. The van der Waals surface area contributed by atoms with Gasteiger partial charge in [0, 0.05) is 11.9 Å². The topological polar surface area (TPSA) is 190 Å². The van der Waals surface area contributed by atoms with E-state index in [2.05, 4.69) is 20.3 Å². The molecule has 0 bridgehead atoms. The lowest BCUT2D eigenvalue weighted by molar-refractivity contribution is -0.144. The first-order valence-corrected chi connectivity index (χ1v) is 8.62. The molecule has 2 amide bonds. The van der Waals surface area contributed by atoms with Crippen molar-refractivity contribution < 1.29 is 27.4 Å². The lowest BCUT2D eigenvalue weighted by Gasteiger charge is -2.43. The van der Waals surface area contributed by atoms with Gasteiger partial charge >= 0.3 is 10.3 Å². The number of thiazole rings is 1. The molecule has 2 atom stereocenters. The molecule has 0 aromatic carbocycles. The van der Waals surface area contributed by atoms with Gasteiger partial charge in [0.1, 0.15) is 18.8 Å². The summed E-state index contributed by atoms with van der Waals surface area (Å²) in [6.45, 7) is -0.295. The van der Waals surface area contributed by atoms with Crippen LogP contribution >= 0.6 is 11.3 Å². The average molecular weight is 378 g/mol. The van der Waals surface area contributed by atoms with E-state index in [0.29, 0.717) is 0 Å². The number of nitrogen functional groups attached to an aromatic ring is 1. The molecule has 1 aliphatic rings. The lowest BCUT2D eigenvalue weighted by atomic mass is 9.98. The zero-order chi connectivity index (χ0) is 18.1. The van der Waals surface area contributed by atoms with Crippen LogP contribution in [0.1, 0.15) is 5.69 Å². The van der Waals surface area contributed by atoms with Gasteiger partial charge < -0.3 is 21.6 Å². The minimum Gasteiger partial charge on any atom is -0.398 e. The zero-order valence-electron chi connectivity index (χ0n) is 12.2. The molecule has 2 heterocycles. The second-order valence-electron chi connectivity index (χ2n) is 4.56. The Morgan fingerprint density at radius 3 is 2.75 bits per heavy atom. The molecule has 24 heavy (non-hydrogen) atoms. The van der Waals surface area contributed by atoms with Gasteiger partial charge in [0.25, 0.3) is 11.8 Å². The number of oxime groups is 1. The van der Waals surface area contributed by atoms with E-state index in [4.69, 9.17) is 16.0 Å². The number of anilines is 1. The standard InChI is InChI=1S/C10H14N6O6S2/c1-22-15-6(4-3-23-10(12)13-4)8(17)14-7-5(2-11)16(9(7)18)24(19,20)21/h3,5,7H,2,11H2,1H3,(H2,12,13)(H,14,17)(H,19,20,21). The Morgan fingerprint density at radius 1 is 1.62 bits per heavy atom. The number of nitrogens with two attached hydrogens (primary N) is 2. The number of amides is 2. The van der Waals surface area contributed by atoms with E-state index < -0.39 is 34.2 Å². The molecule has 0 saturated carbocycles. The fourth-order valence-electron chi connectivity index (χ4n) is 2.09. The molecule has 1 aromatic rings. The van der Waals surface area contributed by atoms with Gasteiger partial charge in [0.2, 0.25) is 0 Å². The van der Waals surface area contributed by atoms with Crippen LogP contribution < -0.4 is 16.8 Å². The predicted molar refractivity (Wildman–Crippen MR) is 83.2 cm³/mol. The normalized spacial score (nSPS) is 21.4. The minimum absolute atomic E-state index is 0.125. The first-order chi connectivity index (χ1) is 11.2. The summed E-state index contributed by atoms with van der Waals surface area (Å²) < 4.78 is 31.4. The summed E-state index contributed by atoms with van der Waals surface area (Å²) in [5.74, 6) is -1.86. The highest BCUT2D eigenvalue weighted by molar-refractivity contribution is 7.84. The molecule has 1 aliphatic heterocycles. The summed E-state index contributed by atoms with van der Waals surface area (Å²) in [6.07, 6.45) is 0. The van der Waals surface area contributed by atoms with E-state index in [0.717, 1.165) is 11.3 Å². The van der Waals surface area contributed by atoms with Crippen LogP contribution in [-0.4, -0.2) is 65.5 Å². The van der Waals surface area contributed by atoms with Crippen molar-refractivity contribution in [3.63, 3.8) is 0 Å². The van der Waals surface area contributed by atoms with Gasteiger partial charge in [-0.15, -0.1) is 11.3 Å². The number of carbonyl (C=O) groups excluding carboxylic acids is 2. The second kappa shape index (κ2) is 6.68. The van der Waals surface area contributed by atoms with Crippen LogP contribution in [-0.2, 0) is 24.7 Å². The van der Waals surface area contributed by atoms with Crippen LogP contribution in [0.5, 0.6) is 0 Å². The SMILES string of the molecule is CON=C(C(=O)NC1C(=O)N(S(=O)(=O)O)C1CN)c1csc(N)n1. The van der Waals surface area contributed by atoms with Gasteiger partial charge in [0.15, 0.2) is 10.8 Å². The van der Waals surface area contributed by atoms with E-state index in [9.17, 15) is 18.0 Å². The second-order valence-corrected chi connectivity index (χ2v) is 6.74. The number of rotatable bonds is 6. The third-order valence-corrected chi connectivity index (χ3v) is 4.73. The largest absolute Gasteiger partial charge is 0.398 e. The number of hydrogen-bond acceptors (Lipinski definition) is 10. The Morgan fingerprint density at radius 2 is 2.29 bits per heavy atom. The number of hydrogen-bond donors (Lipinski definition) is 4. The number of nitrogens with zero attached hydrogens (tertiary/aromatic N) is 3. The smallest absolute Gasteiger partial charge is 0.362 e. The summed E-state index contributed by atoms with van der Waals surface area (Å²) in [5, 5.41) is 7.47. The Bertz CT molecular complexity index is 790. The van der Waals surface area contributed by atoms with Gasteiger partial charge in [-0.25, -0.2) is 9.29 Å². The van der Waals surface area contributed by atoms with Gasteiger partial charge in [-0.1, -0.05) is 5.16 Å². The number of β-lactam (4-membered cyclic amide) rings is 1. The van der Waals surface area contributed by atoms with E-state index in [1.54, 1.807) is 0 Å². The van der Waals surface area contributed by atoms with Crippen molar-refractivity contribution in [2.45, 2.75) is 12.1 Å². The summed E-state index contributed by atoms with van der Waals surface area (Å²) in [5.41, 5.74) is 10.8. The highest BCUT2D eigenvalue weighted by atomic mass is 32.2. The average Bonchev–Trinajstić information content (AvgIpc) is 2.91. The Balaban J connectivity index is 2.19. The van der Waals surface area contributed by atoms with Crippen LogP contribution in [0.3, 0.4) is 0 Å². The van der Waals surface area contributed by atoms with Gasteiger partial charge in [-0.3, -0.25) is 14.1 Å². The summed E-state index contributed by atoms with van der Waals surface area (Å²) in [6, 6.07) is -2.34. The van der Waals surface area contributed by atoms with Crippen LogP contribution in [0.4, 0.5) is 5.13 Å².